The van der Waals surface area contributed by atoms with E-state index in [1.54, 1.807) is 0 Å². The van der Waals surface area contributed by atoms with Gasteiger partial charge in [0, 0.05) is 0 Å². The first-order valence-corrected chi connectivity index (χ1v) is 2.06. The van der Waals surface area contributed by atoms with E-state index in [0.29, 0.717) is 0 Å². The van der Waals surface area contributed by atoms with Crippen LogP contribution in [0.2, 0.25) is 0 Å². The van der Waals surface area contributed by atoms with Crippen LogP contribution in [0.1, 0.15) is 0 Å². The van der Waals surface area contributed by atoms with E-state index in [4.69, 9.17) is 0 Å². The molecule has 0 saturated carbocycles. The lowest BCUT2D eigenvalue weighted by atomic mass is 11.0. The molecule has 0 heterocycles. The van der Waals surface area contributed by atoms with Gasteiger partial charge in [-0.1, -0.05) is 0 Å². The Balaban J connectivity index is 3.72. The van der Waals surface area contributed by atoms with Crippen molar-refractivity contribution in [3.63, 3.8) is 0 Å². The minimum atomic E-state index is -2.44. The summed E-state index contributed by atoms with van der Waals surface area (Å²) >= 11 is 1.02. The van der Waals surface area contributed by atoms with Gasteiger partial charge >= 0.3 is 12.1 Å². The maximum Gasteiger partial charge on any atom is 0.348 e. The van der Waals surface area contributed by atoms with E-state index in [0.717, 1.165) is 23.0 Å². The van der Waals surface area contributed by atoms with Crippen LogP contribution in [-0.2, 0) is 3.07 Å². The molecule has 0 saturated heterocycles. The van der Waals surface area contributed by atoms with Gasteiger partial charge in [-0.15, -0.1) is 0 Å². The Hall–Kier alpha value is 0.0600. The topological polar surface area (TPSA) is 9.23 Å². The summed E-state index contributed by atoms with van der Waals surface area (Å²) in [5.74, 6) is 0. The molecule has 0 aliphatic rings. The summed E-state index contributed by atoms with van der Waals surface area (Å²) in [7, 11) is 0. The predicted molar refractivity (Wildman–Crippen MR) is 25.5 cm³/mol. The highest BCUT2D eigenvalue weighted by molar-refractivity contribution is 14.1. The first kappa shape index (κ1) is 7.06. The van der Waals surface area contributed by atoms with Crippen LogP contribution >= 0.6 is 23.0 Å². The van der Waals surface area contributed by atoms with Crippen molar-refractivity contribution in [3.8, 4) is 0 Å². The zero-order chi connectivity index (χ0) is 5.86. The van der Waals surface area contributed by atoms with Crippen LogP contribution in [0.4, 0.5) is 13.2 Å². The Labute approximate surface area is 51.8 Å². The summed E-state index contributed by atoms with van der Waals surface area (Å²) in [6, 6.07) is -1.83. The standard InChI is InChI=1S/C2F3IO/c3-1(4)2(5)7-6. The lowest BCUT2D eigenvalue weighted by molar-refractivity contribution is 0.287. The molecule has 0 bridgehead atoms. The van der Waals surface area contributed by atoms with Crippen molar-refractivity contribution >= 4 is 23.0 Å². The van der Waals surface area contributed by atoms with Crippen LogP contribution in [0.25, 0.3) is 0 Å². The van der Waals surface area contributed by atoms with E-state index < -0.39 is 12.1 Å². The van der Waals surface area contributed by atoms with Crippen LogP contribution in [-0.4, -0.2) is 0 Å². The molecule has 0 aliphatic heterocycles. The first-order chi connectivity index (χ1) is 3.18. The lowest BCUT2D eigenvalue weighted by Crippen LogP contribution is -1.69. The van der Waals surface area contributed by atoms with Gasteiger partial charge in [0.15, 0.2) is 23.0 Å². The highest BCUT2D eigenvalue weighted by atomic mass is 127. The van der Waals surface area contributed by atoms with Gasteiger partial charge in [-0.2, -0.15) is 13.2 Å². The van der Waals surface area contributed by atoms with Crippen molar-refractivity contribution in [2.75, 3.05) is 0 Å². The Bertz CT molecular complexity index is 86.9. The number of hydrogen-bond donors (Lipinski definition) is 0. The van der Waals surface area contributed by atoms with Crippen molar-refractivity contribution in [2.45, 2.75) is 0 Å². The molecular formula is C2F3IO. The fourth-order valence-electron chi connectivity index (χ4n) is 0.0292. The maximum atomic E-state index is 11.2. The normalized spacial score (nSPS) is 8.00. The van der Waals surface area contributed by atoms with Crippen LogP contribution in [0.15, 0.2) is 12.1 Å². The monoisotopic (exact) mass is 224 g/mol. The fourth-order valence-corrected chi connectivity index (χ4v) is 0.196. The molecule has 0 radical (unpaired) electrons. The molecule has 0 unspecified atom stereocenters. The Morgan fingerprint density at radius 3 is 1.71 bits per heavy atom. The summed E-state index contributed by atoms with van der Waals surface area (Å²) in [4.78, 5) is 0. The number of rotatable bonds is 1. The third-order valence-electron chi connectivity index (χ3n) is 0.216. The molecule has 0 atom stereocenters. The third kappa shape index (κ3) is 2.72. The second kappa shape index (κ2) is 3.11. The molecule has 0 aromatic rings. The Kier molecular flexibility index (Phi) is 3.14. The van der Waals surface area contributed by atoms with E-state index >= 15 is 0 Å². The molecule has 0 N–H and O–H groups in total. The van der Waals surface area contributed by atoms with E-state index in [1.807, 2.05) is 0 Å². The average molecular weight is 224 g/mol. The summed E-state index contributed by atoms with van der Waals surface area (Å²) in [6.45, 7) is 0. The SMILES string of the molecule is FC(F)=C(F)OI. The number of halogens is 4. The molecule has 0 aromatic carbocycles. The predicted octanol–water partition coefficient (Wildman–Crippen LogP) is 2.39. The maximum absolute atomic E-state index is 11.2. The van der Waals surface area contributed by atoms with Crippen LogP contribution < -0.4 is 0 Å². The summed E-state index contributed by atoms with van der Waals surface area (Å²) in [6.07, 6.45) is -2.44. The molecule has 0 rings (SSSR count). The summed E-state index contributed by atoms with van der Waals surface area (Å²) in [5, 5.41) is 0. The summed E-state index contributed by atoms with van der Waals surface area (Å²) < 4.78 is 36.2. The highest BCUT2D eigenvalue weighted by Crippen LogP contribution is 2.12. The summed E-state index contributed by atoms with van der Waals surface area (Å²) in [5.41, 5.74) is 0. The molecular weight excluding hydrogens is 224 g/mol. The molecule has 0 fully saturated rings. The zero-order valence-corrected chi connectivity index (χ0v) is 5.08. The van der Waals surface area contributed by atoms with Crippen LogP contribution in [0, 0.1) is 0 Å². The van der Waals surface area contributed by atoms with Crippen LogP contribution in [0.3, 0.4) is 0 Å². The average Bonchev–Trinajstić information content (AvgIpc) is 1.65. The molecule has 5 heteroatoms. The van der Waals surface area contributed by atoms with E-state index in [9.17, 15) is 13.2 Å². The second-order valence-corrected chi connectivity index (χ2v) is 1.05. The van der Waals surface area contributed by atoms with E-state index in [2.05, 4.69) is 3.07 Å². The largest absolute Gasteiger partial charge is 0.396 e. The molecule has 42 valence electrons. The Morgan fingerprint density at radius 2 is 1.71 bits per heavy atom. The minimum Gasteiger partial charge on any atom is -0.396 e. The van der Waals surface area contributed by atoms with Gasteiger partial charge in [-0.3, -0.25) is 0 Å². The van der Waals surface area contributed by atoms with Gasteiger partial charge in [-0.05, 0) is 0 Å². The molecule has 7 heavy (non-hydrogen) atoms. The van der Waals surface area contributed by atoms with Crippen molar-refractivity contribution in [1.82, 2.24) is 0 Å². The minimum absolute atomic E-state index is 1.02. The van der Waals surface area contributed by atoms with Gasteiger partial charge in [0.05, 0.1) is 0 Å². The van der Waals surface area contributed by atoms with Crippen molar-refractivity contribution in [1.29, 1.82) is 0 Å². The molecule has 0 aliphatic carbocycles. The zero-order valence-electron chi connectivity index (χ0n) is 2.92. The molecule has 0 spiro atoms. The van der Waals surface area contributed by atoms with Crippen molar-refractivity contribution < 1.29 is 16.2 Å². The van der Waals surface area contributed by atoms with E-state index in [1.165, 1.54) is 0 Å². The lowest BCUT2D eigenvalue weighted by Gasteiger charge is -1.83. The van der Waals surface area contributed by atoms with Crippen molar-refractivity contribution in [3.05, 3.63) is 12.1 Å². The third-order valence-corrected chi connectivity index (χ3v) is 0.603. The number of hydrogen-bond acceptors (Lipinski definition) is 1. The van der Waals surface area contributed by atoms with Gasteiger partial charge in [-0.25, -0.2) is 0 Å². The fraction of sp³-hybridized carbons (Fsp3) is 0. The smallest absolute Gasteiger partial charge is 0.348 e. The molecule has 1 nitrogen and oxygen atoms in total. The molecule has 0 aromatic heterocycles. The quantitative estimate of drug-likeness (QED) is 0.490. The highest BCUT2D eigenvalue weighted by Gasteiger charge is 2.02. The van der Waals surface area contributed by atoms with Gasteiger partial charge < -0.3 is 3.07 Å². The van der Waals surface area contributed by atoms with Crippen molar-refractivity contribution in [2.24, 2.45) is 0 Å². The second-order valence-electron chi connectivity index (χ2n) is 0.611. The Morgan fingerprint density at radius 1 is 1.29 bits per heavy atom. The van der Waals surface area contributed by atoms with Gasteiger partial charge in [0.1, 0.15) is 0 Å². The molecule has 0 amide bonds. The first-order valence-electron chi connectivity index (χ1n) is 1.18. The van der Waals surface area contributed by atoms with Crippen LogP contribution in [0.5, 0.6) is 0 Å². The van der Waals surface area contributed by atoms with Gasteiger partial charge in [0.25, 0.3) is 0 Å². The van der Waals surface area contributed by atoms with Gasteiger partial charge in [0.2, 0.25) is 0 Å². The van der Waals surface area contributed by atoms with E-state index in [-0.39, 0.29) is 0 Å².